The van der Waals surface area contributed by atoms with Gasteiger partial charge in [-0.05, 0) is 17.5 Å². The van der Waals surface area contributed by atoms with E-state index in [1.807, 2.05) is 17.5 Å². The van der Waals surface area contributed by atoms with Crippen LogP contribution >= 0.6 is 11.3 Å². The van der Waals surface area contributed by atoms with Gasteiger partial charge in [-0.25, -0.2) is 0 Å². The minimum atomic E-state index is -0.0875. The third-order valence-electron chi connectivity index (χ3n) is 1.55. The highest BCUT2D eigenvalue weighted by molar-refractivity contribution is 7.10. The Kier molecular flexibility index (Phi) is 4.96. The van der Waals surface area contributed by atoms with Crippen LogP contribution in [0.15, 0.2) is 23.6 Å². The lowest BCUT2D eigenvalue weighted by atomic mass is 10.4. The van der Waals surface area contributed by atoms with Gasteiger partial charge in [0.15, 0.2) is 0 Å². The molecule has 1 heterocycles. The third-order valence-corrected chi connectivity index (χ3v) is 2.39. The number of nitrogens with one attached hydrogen (secondary N) is 1. The van der Waals surface area contributed by atoms with E-state index < -0.39 is 0 Å². The minimum Gasteiger partial charge on any atom is -0.383 e. The molecule has 0 radical (unpaired) electrons. The summed E-state index contributed by atoms with van der Waals surface area (Å²) in [5.74, 6) is -0.0875. The van der Waals surface area contributed by atoms with Crippen LogP contribution in [0.5, 0.6) is 0 Å². The molecule has 0 aliphatic rings. The van der Waals surface area contributed by atoms with Crippen LogP contribution in [0.25, 0.3) is 6.08 Å². The molecule has 3 nitrogen and oxygen atoms in total. The topological polar surface area (TPSA) is 38.3 Å². The SMILES string of the molecule is COCCNC(=O)C=Cc1cccs1. The second-order valence-electron chi connectivity index (χ2n) is 2.63. The summed E-state index contributed by atoms with van der Waals surface area (Å²) in [6, 6.07) is 3.91. The van der Waals surface area contributed by atoms with E-state index >= 15 is 0 Å². The van der Waals surface area contributed by atoms with Gasteiger partial charge in [0.1, 0.15) is 0 Å². The quantitative estimate of drug-likeness (QED) is 0.592. The van der Waals surface area contributed by atoms with Gasteiger partial charge in [0, 0.05) is 24.6 Å². The largest absolute Gasteiger partial charge is 0.383 e. The zero-order valence-electron chi connectivity index (χ0n) is 8.03. The second kappa shape index (κ2) is 6.34. The molecule has 0 spiro atoms. The monoisotopic (exact) mass is 211 g/mol. The molecule has 14 heavy (non-hydrogen) atoms. The Balaban J connectivity index is 2.26. The molecule has 76 valence electrons. The smallest absolute Gasteiger partial charge is 0.244 e. The average molecular weight is 211 g/mol. The Morgan fingerprint density at radius 3 is 3.21 bits per heavy atom. The van der Waals surface area contributed by atoms with Gasteiger partial charge in [0.05, 0.1) is 6.61 Å². The first kappa shape index (κ1) is 10.9. The van der Waals surface area contributed by atoms with Crippen molar-refractivity contribution in [2.45, 2.75) is 0 Å². The number of carbonyl (C=O) groups is 1. The fourth-order valence-electron chi connectivity index (χ4n) is 0.879. The summed E-state index contributed by atoms with van der Waals surface area (Å²) in [6.45, 7) is 1.09. The van der Waals surface area contributed by atoms with E-state index in [0.717, 1.165) is 4.88 Å². The number of methoxy groups -OCH3 is 1. The molecule has 1 aromatic rings. The summed E-state index contributed by atoms with van der Waals surface area (Å²) in [7, 11) is 1.60. The number of ether oxygens (including phenoxy) is 1. The van der Waals surface area contributed by atoms with Crippen molar-refractivity contribution in [2.24, 2.45) is 0 Å². The molecule has 1 N–H and O–H groups in total. The molecule has 0 unspecified atom stereocenters. The summed E-state index contributed by atoms with van der Waals surface area (Å²) in [5, 5.41) is 4.67. The number of carbonyl (C=O) groups excluding carboxylic acids is 1. The molecule has 0 aliphatic heterocycles. The van der Waals surface area contributed by atoms with E-state index in [-0.39, 0.29) is 5.91 Å². The van der Waals surface area contributed by atoms with Crippen LogP contribution in [0.1, 0.15) is 4.88 Å². The van der Waals surface area contributed by atoms with E-state index in [1.54, 1.807) is 24.5 Å². The molecule has 1 amide bonds. The van der Waals surface area contributed by atoms with Crippen LogP contribution in [0.3, 0.4) is 0 Å². The molecule has 4 heteroatoms. The summed E-state index contributed by atoms with van der Waals surface area (Å²) >= 11 is 1.60. The molecule has 0 saturated carbocycles. The normalized spacial score (nSPS) is 10.6. The summed E-state index contributed by atoms with van der Waals surface area (Å²) < 4.78 is 4.81. The van der Waals surface area contributed by atoms with E-state index in [1.165, 1.54) is 6.08 Å². The summed E-state index contributed by atoms with van der Waals surface area (Å²) in [6.07, 6.45) is 3.33. The van der Waals surface area contributed by atoms with Crippen molar-refractivity contribution >= 4 is 23.3 Å². The summed E-state index contributed by atoms with van der Waals surface area (Å²) in [5.41, 5.74) is 0. The number of amides is 1. The van der Waals surface area contributed by atoms with E-state index in [4.69, 9.17) is 4.74 Å². The highest BCUT2D eigenvalue weighted by atomic mass is 32.1. The first-order chi connectivity index (χ1) is 6.83. The standard InChI is InChI=1S/C10H13NO2S/c1-13-7-6-11-10(12)5-4-9-3-2-8-14-9/h2-5,8H,6-7H2,1H3,(H,11,12). The Morgan fingerprint density at radius 2 is 2.57 bits per heavy atom. The molecule has 0 fully saturated rings. The van der Waals surface area contributed by atoms with Crippen molar-refractivity contribution < 1.29 is 9.53 Å². The fourth-order valence-corrected chi connectivity index (χ4v) is 1.50. The van der Waals surface area contributed by atoms with Crippen molar-refractivity contribution in [3.63, 3.8) is 0 Å². The van der Waals surface area contributed by atoms with Crippen molar-refractivity contribution in [1.82, 2.24) is 5.32 Å². The molecule has 0 saturated heterocycles. The molecule has 0 aliphatic carbocycles. The molecule has 0 atom stereocenters. The Labute approximate surface area is 87.4 Å². The number of hydrogen-bond acceptors (Lipinski definition) is 3. The van der Waals surface area contributed by atoms with Gasteiger partial charge >= 0.3 is 0 Å². The minimum absolute atomic E-state index is 0.0875. The zero-order chi connectivity index (χ0) is 10.2. The first-order valence-corrected chi connectivity index (χ1v) is 5.19. The van der Waals surface area contributed by atoms with Crippen LogP contribution in [0, 0.1) is 0 Å². The van der Waals surface area contributed by atoms with Crippen LogP contribution in [-0.2, 0) is 9.53 Å². The molecule has 0 bridgehead atoms. The molecular weight excluding hydrogens is 198 g/mol. The predicted molar refractivity (Wildman–Crippen MR) is 58.2 cm³/mol. The van der Waals surface area contributed by atoms with Gasteiger partial charge < -0.3 is 10.1 Å². The lowest BCUT2D eigenvalue weighted by Crippen LogP contribution is -2.24. The molecule has 1 aromatic heterocycles. The Morgan fingerprint density at radius 1 is 1.71 bits per heavy atom. The van der Waals surface area contributed by atoms with Crippen LogP contribution < -0.4 is 5.32 Å². The van der Waals surface area contributed by atoms with Gasteiger partial charge in [0.2, 0.25) is 5.91 Å². The number of thiophene rings is 1. The molecular formula is C10H13NO2S. The van der Waals surface area contributed by atoms with Crippen LogP contribution in [0.2, 0.25) is 0 Å². The highest BCUT2D eigenvalue weighted by Crippen LogP contribution is 2.09. The van der Waals surface area contributed by atoms with Gasteiger partial charge in [-0.15, -0.1) is 11.3 Å². The summed E-state index contributed by atoms with van der Waals surface area (Å²) in [4.78, 5) is 12.2. The first-order valence-electron chi connectivity index (χ1n) is 4.31. The number of rotatable bonds is 5. The van der Waals surface area contributed by atoms with Crippen molar-refractivity contribution in [3.8, 4) is 0 Å². The van der Waals surface area contributed by atoms with Gasteiger partial charge in [-0.1, -0.05) is 6.07 Å². The maximum absolute atomic E-state index is 11.2. The van der Waals surface area contributed by atoms with Crippen LogP contribution in [0.4, 0.5) is 0 Å². The van der Waals surface area contributed by atoms with Gasteiger partial charge in [0.25, 0.3) is 0 Å². The van der Waals surface area contributed by atoms with Crippen molar-refractivity contribution in [2.75, 3.05) is 20.3 Å². The maximum Gasteiger partial charge on any atom is 0.244 e. The van der Waals surface area contributed by atoms with E-state index in [0.29, 0.717) is 13.2 Å². The van der Waals surface area contributed by atoms with E-state index in [9.17, 15) is 4.79 Å². The average Bonchev–Trinajstić information content (AvgIpc) is 2.68. The van der Waals surface area contributed by atoms with Gasteiger partial charge in [-0.2, -0.15) is 0 Å². The molecule has 1 rings (SSSR count). The fraction of sp³-hybridized carbons (Fsp3) is 0.300. The molecule has 0 aromatic carbocycles. The second-order valence-corrected chi connectivity index (χ2v) is 3.61. The van der Waals surface area contributed by atoms with E-state index in [2.05, 4.69) is 5.32 Å². The predicted octanol–water partition coefficient (Wildman–Crippen LogP) is 1.52. The number of hydrogen-bond donors (Lipinski definition) is 1. The zero-order valence-corrected chi connectivity index (χ0v) is 8.84. The Hall–Kier alpha value is -1.13. The van der Waals surface area contributed by atoms with Gasteiger partial charge in [-0.3, -0.25) is 4.79 Å². The lowest BCUT2D eigenvalue weighted by molar-refractivity contribution is -0.116. The van der Waals surface area contributed by atoms with Crippen molar-refractivity contribution in [1.29, 1.82) is 0 Å². The van der Waals surface area contributed by atoms with Crippen molar-refractivity contribution in [3.05, 3.63) is 28.5 Å². The lowest BCUT2D eigenvalue weighted by Gasteiger charge is -1.99. The third kappa shape index (κ3) is 4.20. The Bertz CT molecular complexity index is 293. The maximum atomic E-state index is 11.2. The highest BCUT2D eigenvalue weighted by Gasteiger charge is 1.93. The van der Waals surface area contributed by atoms with Crippen LogP contribution in [-0.4, -0.2) is 26.2 Å².